The normalized spacial score (nSPS) is 10.1. The molecule has 0 aromatic heterocycles. The maximum Gasteiger partial charge on any atom is 0.341 e. The smallest absolute Gasteiger partial charge is 0.341 e. The van der Waals surface area contributed by atoms with Gasteiger partial charge in [0.05, 0.1) is 5.56 Å². The van der Waals surface area contributed by atoms with Crippen LogP contribution in [0.15, 0.2) is 42.5 Å². The highest BCUT2D eigenvalue weighted by molar-refractivity contribution is 6.30. The zero-order valence-corrected chi connectivity index (χ0v) is 13.4. The van der Waals surface area contributed by atoms with E-state index in [9.17, 15) is 18.8 Å². The van der Waals surface area contributed by atoms with E-state index in [-0.39, 0.29) is 16.4 Å². The van der Waals surface area contributed by atoms with Crippen molar-refractivity contribution in [3.8, 4) is 0 Å². The molecule has 2 aromatic rings. The van der Waals surface area contributed by atoms with Gasteiger partial charge in [-0.05, 0) is 37.3 Å². The fourth-order valence-corrected chi connectivity index (χ4v) is 2.05. The topological polar surface area (TPSA) is 72.5 Å². The van der Waals surface area contributed by atoms with E-state index in [4.69, 9.17) is 16.3 Å². The van der Waals surface area contributed by atoms with E-state index in [0.29, 0.717) is 11.3 Å². The Morgan fingerprint density at radius 2 is 1.92 bits per heavy atom. The number of Topliss-reactive ketones (excluding diaryl/α,β-unsaturated/α-hetero) is 1. The van der Waals surface area contributed by atoms with Crippen LogP contribution >= 0.6 is 11.6 Å². The maximum absolute atomic E-state index is 13.5. The molecule has 0 spiro atoms. The van der Waals surface area contributed by atoms with Crippen molar-refractivity contribution in [3.05, 3.63) is 64.4 Å². The van der Waals surface area contributed by atoms with Gasteiger partial charge in [-0.2, -0.15) is 0 Å². The van der Waals surface area contributed by atoms with E-state index in [1.54, 1.807) is 18.2 Å². The van der Waals surface area contributed by atoms with Gasteiger partial charge in [0.25, 0.3) is 5.91 Å². The van der Waals surface area contributed by atoms with Crippen LogP contribution < -0.4 is 5.32 Å². The second kappa shape index (κ2) is 7.70. The number of ketones is 1. The van der Waals surface area contributed by atoms with Crippen LogP contribution in [0.25, 0.3) is 0 Å². The quantitative estimate of drug-likeness (QED) is 0.662. The molecule has 0 aliphatic heterocycles. The number of hydrogen-bond donors (Lipinski definition) is 1. The highest BCUT2D eigenvalue weighted by Gasteiger charge is 2.15. The molecule has 124 valence electrons. The Morgan fingerprint density at radius 3 is 2.62 bits per heavy atom. The molecule has 2 aromatic carbocycles. The van der Waals surface area contributed by atoms with E-state index in [2.05, 4.69) is 5.32 Å². The lowest BCUT2D eigenvalue weighted by Gasteiger charge is -2.08. The van der Waals surface area contributed by atoms with Gasteiger partial charge in [-0.25, -0.2) is 9.18 Å². The van der Waals surface area contributed by atoms with E-state index in [1.165, 1.54) is 19.1 Å². The zero-order valence-electron chi connectivity index (χ0n) is 12.6. The lowest BCUT2D eigenvalue weighted by atomic mass is 10.1. The summed E-state index contributed by atoms with van der Waals surface area (Å²) in [5.74, 6) is -2.55. The minimum atomic E-state index is -0.998. The lowest BCUT2D eigenvalue weighted by Crippen LogP contribution is -2.21. The molecule has 0 saturated carbocycles. The average Bonchev–Trinajstić information content (AvgIpc) is 2.55. The fourth-order valence-electron chi connectivity index (χ4n) is 1.88. The van der Waals surface area contributed by atoms with Crippen LogP contribution in [-0.4, -0.2) is 24.3 Å². The zero-order chi connectivity index (χ0) is 17.7. The number of carbonyl (C=O) groups is 3. The average molecular weight is 350 g/mol. The monoisotopic (exact) mass is 349 g/mol. The van der Waals surface area contributed by atoms with Crippen LogP contribution in [0.4, 0.5) is 10.1 Å². The third kappa shape index (κ3) is 4.63. The standard InChI is InChI=1S/C17H13ClFNO4/c1-10(21)11-3-2-4-13(7-11)20-16(22)9-24-17(23)14-8-12(18)5-6-15(14)19/h2-8H,9H2,1H3,(H,20,22). The van der Waals surface area contributed by atoms with Crippen molar-refractivity contribution in [2.24, 2.45) is 0 Å². The predicted octanol–water partition coefficient (Wildman–Crippen LogP) is 3.48. The Kier molecular flexibility index (Phi) is 5.65. The molecule has 0 radical (unpaired) electrons. The SMILES string of the molecule is CC(=O)c1cccc(NC(=O)COC(=O)c2cc(Cl)ccc2F)c1. The van der Waals surface area contributed by atoms with Crippen molar-refractivity contribution in [2.45, 2.75) is 6.92 Å². The Balaban J connectivity index is 1.96. The van der Waals surface area contributed by atoms with Gasteiger partial charge in [0.15, 0.2) is 12.4 Å². The van der Waals surface area contributed by atoms with E-state index in [0.717, 1.165) is 12.1 Å². The minimum Gasteiger partial charge on any atom is -0.452 e. The van der Waals surface area contributed by atoms with Gasteiger partial charge in [-0.3, -0.25) is 9.59 Å². The Hall–Kier alpha value is -2.73. The summed E-state index contributed by atoms with van der Waals surface area (Å²) >= 11 is 5.69. The van der Waals surface area contributed by atoms with Crippen molar-refractivity contribution in [2.75, 3.05) is 11.9 Å². The van der Waals surface area contributed by atoms with Crippen LogP contribution in [0.1, 0.15) is 27.6 Å². The molecule has 7 heteroatoms. The van der Waals surface area contributed by atoms with Gasteiger partial charge in [-0.15, -0.1) is 0 Å². The maximum atomic E-state index is 13.5. The molecule has 0 saturated heterocycles. The van der Waals surface area contributed by atoms with Gasteiger partial charge in [0, 0.05) is 16.3 Å². The summed E-state index contributed by atoms with van der Waals surface area (Å²) in [4.78, 5) is 34.8. The van der Waals surface area contributed by atoms with E-state index < -0.39 is 24.3 Å². The van der Waals surface area contributed by atoms with Crippen molar-refractivity contribution < 1.29 is 23.5 Å². The number of benzene rings is 2. The number of nitrogens with one attached hydrogen (secondary N) is 1. The highest BCUT2D eigenvalue weighted by atomic mass is 35.5. The predicted molar refractivity (Wildman–Crippen MR) is 86.8 cm³/mol. The van der Waals surface area contributed by atoms with Crippen molar-refractivity contribution >= 4 is 34.9 Å². The first-order chi connectivity index (χ1) is 11.4. The number of esters is 1. The number of anilines is 1. The highest BCUT2D eigenvalue weighted by Crippen LogP contribution is 2.16. The molecule has 0 aliphatic carbocycles. The Bertz CT molecular complexity index is 807. The minimum absolute atomic E-state index is 0.144. The summed E-state index contributed by atoms with van der Waals surface area (Å²) in [6, 6.07) is 9.75. The summed E-state index contributed by atoms with van der Waals surface area (Å²) < 4.78 is 18.3. The second-order valence-electron chi connectivity index (χ2n) is 4.89. The molecule has 0 fully saturated rings. The third-order valence-electron chi connectivity index (χ3n) is 3.04. The first-order valence-electron chi connectivity index (χ1n) is 6.90. The first-order valence-corrected chi connectivity index (χ1v) is 7.27. The molecule has 5 nitrogen and oxygen atoms in total. The van der Waals surface area contributed by atoms with Crippen molar-refractivity contribution in [3.63, 3.8) is 0 Å². The summed E-state index contributed by atoms with van der Waals surface area (Å²) in [5.41, 5.74) is 0.470. The number of carbonyl (C=O) groups excluding carboxylic acids is 3. The molecule has 0 bridgehead atoms. The summed E-state index contributed by atoms with van der Waals surface area (Å²) in [6.45, 7) is 0.803. The van der Waals surface area contributed by atoms with Gasteiger partial charge in [-0.1, -0.05) is 23.7 Å². The second-order valence-corrected chi connectivity index (χ2v) is 5.32. The van der Waals surface area contributed by atoms with Crippen molar-refractivity contribution in [1.29, 1.82) is 0 Å². The molecule has 2 rings (SSSR count). The van der Waals surface area contributed by atoms with Gasteiger partial charge in [0.2, 0.25) is 0 Å². The Labute approximate surface area is 142 Å². The molecule has 1 N–H and O–H groups in total. The summed E-state index contributed by atoms with van der Waals surface area (Å²) in [5, 5.41) is 2.66. The molecular weight excluding hydrogens is 337 g/mol. The molecule has 0 atom stereocenters. The number of hydrogen-bond acceptors (Lipinski definition) is 4. The van der Waals surface area contributed by atoms with Crippen LogP contribution in [-0.2, 0) is 9.53 Å². The molecule has 0 unspecified atom stereocenters. The lowest BCUT2D eigenvalue weighted by molar-refractivity contribution is -0.119. The van der Waals surface area contributed by atoms with E-state index in [1.807, 2.05) is 0 Å². The molecule has 0 heterocycles. The number of rotatable bonds is 5. The molecule has 24 heavy (non-hydrogen) atoms. The third-order valence-corrected chi connectivity index (χ3v) is 3.27. The van der Waals surface area contributed by atoms with Crippen LogP contribution in [0.2, 0.25) is 5.02 Å². The first kappa shape index (κ1) is 17.6. The number of halogens is 2. The van der Waals surface area contributed by atoms with Gasteiger partial charge < -0.3 is 10.1 Å². The molecule has 0 aliphatic rings. The molecular formula is C17H13ClFNO4. The largest absolute Gasteiger partial charge is 0.452 e. The summed E-state index contributed by atoms with van der Waals surface area (Å²) in [6.07, 6.45) is 0. The van der Waals surface area contributed by atoms with Crippen LogP contribution in [0, 0.1) is 5.82 Å². The van der Waals surface area contributed by atoms with Crippen LogP contribution in [0.3, 0.4) is 0 Å². The summed E-state index contributed by atoms with van der Waals surface area (Å²) in [7, 11) is 0. The van der Waals surface area contributed by atoms with Crippen molar-refractivity contribution in [1.82, 2.24) is 0 Å². The van der Waals surface area contributed by atoms with Gasteiger partial charge in [0.1, 0.15) is 5.82 Å². The number of ether oxygens (including phenoxy) is 1. The number of amides is 1. The Morgan fingerprint density at radius 1 is 1.17 bits per heavy atom. The fraction of sp³-hybridized carbons (Fsp3) is 0.118. The van der Waals surface area contributed by atoms with Gasteiger partial charge >= 0.3 is 5.97 Å². The van der Waals surface area contributed by atoms with E-state index >= 15 is 0 Å². The molecule has 1 amide bonds. The van der Waals surface area contributed by atoms with Crippen LogP contribution in [0.5, 0.6) is 0 Å².